The van der Waals surface area contributed by atoms with E-state index in [0.717, 1.165) is 57.9 Å². The Hall–Kier alpha value is -2.66. The standard InChI is InChI=1S/C54H66N2P2/c1-50(2,3)44-25-42(33-58(52-27-34-19-35(28-52)21-36(20-34)29-52)53-30-37-22-38(31-53)24-39(23-37)32-53)43(26-45(44)51(4,5)6)54(57,48-17-15-40-11-7-9-13-46(40)55-48)49-18-16-41-12-8-10-14-47(41)56-49/h7-18,25-26,34-39H,19-24,27-33,57H2,1-6H3. The molecule has 0 saturated heterocycles. The van der Waals surface area contributed by atoms with Crippen LogP contribution in [0.1, 0.15) is 152 Å². The van der Waals surface area contributed by atoms with E-state index < -0.39 is 5.16 Å². The maximum Gasteiger partial charge on any atom is 0.0936 e. The SMILES string of the molecule is CC(C)(C)c1cc(CP(C23CC4CC(CC(C4)C2)C3)C23CC4CC(CC(C4)C2)C3)c(C(P)(c2ccc3ccccc3n2)c2ccc3ccccc3n2)cc1C(C)(C)C. The minimum absolute atomic E-state index is 0.0198. The van der Waals surface area contributed by atoms with Crippen molar-refractivity contribution in [3.63, 3.8) is 0 Å². The van der Waals surface area contributed by atoms with Gasteiger partial charge in [0.05, 0.1) is 27.6 Å². The van der Waals surface area contributed by atoms with Gasteiger partial charge in [0.1, 0.15) is 0 Å². The minimum atomic E-state index is -0.635. The van der Waals surface area contributed by atoms with Gasteiger partial charge >= 0.3 is 0 Å². The Morgan fingerprint density at radius 3 is 1.29 bits per heavy atom. The van der Waals surface area contributed by atoms with Gasteiger partial charge in [-0.3, -0.25) is 9.97 Å². The molecule has 3 aromatic carbocycles. The second-order valence-corrected chi connectivity index (χ2v) is 26.9. The summed E-state index contributed by atoms with van der Waals surface area (Å²) in [5.74, 6) is 5.85. The zero-order valence-electron chi connectivity index (χ0n) is 36.2. The predicted molar refractivity (Wildman–Crippen MR) is 249 cm³/mol. The first kappa shape index (κ1) is 38.3. The molecular formula is C54H66N2P2. The average Bonchev–Trinajstić information content (AvgIpc) is 3.17. The zero-order chi connectivity index (χ0) is 39.8. The van der Waals surface area contributed by atoms with Crippen molar-refractivity contribution in [3.05, 3.63) is 119 Å². The Kier molecular flexibility index (Phi) is 8.86. The molecule has 1 unspecified atom stereocenters. The lowest BCUT2D eigenvalue weighted by Gasteiger charge is -2.67. The molecule has 2 nitrogen and oxygen atoms in total. The third-order valence-electron chi connectivity index (χ3n) is 16.8. The van der Waals surface area contributed by atoms with Crippen molar-refractivity contribution in [2.45, 2.75) is 151 Å². The van der Waals surface area contributed by atoms with Crippen LogP contribution in [-0.2, 0) is 22.1 Å². The van der Waals surface area contributed by atoms with E-state index in [2.05, 4.69) is 136 Å². The Balaban J connectivity index is 1.18. The average molecular weight is 805 g/mol. The molecular weight excluding hydrogens is 739 g/mol. The molecule has 0 amide bonds. The maximum atomic E-state index is 5.62. The smallest absolute Gasteiger partial charge is 0.0936 e. The second-order valence-electron chi connectivity index (χ2n) is 23.0. The van der Waals surface area contributed by atoms with Crippen LogP contribution >= 0.6 is 17.2 Å². The normalized spacial score (nSPS) is 32.1. The summed E-state index contributed by atoms with van der Waals surface area (Å²) in [7, 11) is 3.20. The molecule has 302 valence electrons. The van der Waals surface area contributed by atoms with Gasteiger partial charge in [-0.2, -0.15) is 0 Å². The van der Waals surface area contributed by atoms with Crippen molar-refractivity contribution in [1.82, 2.24) is 9.97 Å². The number of rotatable bonds is 7. The van der Waals surface area contributed by atoms with Crippen molar-refractivity contribution >= 4 is 39.0 Å². The van der Waals surface area contributed by atoms with Gasteiger partial charge in [-0.25, -0.2) is 0 Å². The van der Waals surface area contributed by atoms with Crippen molar-refractivity contribution in [2.75, 3.05) is 0 Å². The highest BCUT2D eigenvalue weighted by Gasteiger charge is 2.62. The molecule has 58 heavy (non-hydrogen) atoms. The summed E-state index contributed by atoms with van der Waals surface area (Å²) in [5, 5.41) is 2.84. The Bertz CT molecular complexity index is 2220. The lowest BCUT2D eigenvalue weighted by Crippen LogP contribution is -2.56. The fourth-order valence-electron chi connectivity index (χ4n) is 15.2. The summed E-state index contributed by atoms with van der Waals surface area (Å²) in [6.45, 7) is 14.7. The van der Waals surface area contributed by atoms with E-state index in [4.69, 9.17) is 9.97 Å². The predicted octanol–water partition coefficient (Wildman–Crippen LogP) is 14.5. The van der Waals surface area contributed by atoms with Gasteiger partial charge in [0.25, 0.3) is 0 Å². The number of para-hydroxylation sites is 2. The lowest BCUT2D eigenvalue weighted by atomic mass is 9.55. The van der Waals surface area contributed by atoms with Gasteiger partial charge in [0.15, 0.2) is 0 Å². The van der Waals surface area contributed by atoms with E-state index in [1.165, 1.54) is 111 Å². The molecule has 8 saturated carbocycles. The first-order valence-corrected chi connectivity index (χ1v) is 25.3. The van der Waals surface area contributed by atoms with Crippen LogP contribution in [0.15, 0.2) is 84.9 Å². The summed E-state index contributed by atoms with van der Waals surface area (Å²) < 4.78 is 0. The first-order chi connectivity index (χ1) is 27.7. The van der Waals surface area contributed by atoms with Crippen LogP contribution < -0.4 is 0 Å². The zero-order valence-corrected chi connectivity index (χ0v) is 38.2. The van der Waals surface area contributed by atoms with Gasteiger partial charge < -0.3 is 0 Å². The van der Waals surface area contributed by atoms with E-state index in [9.17, 15) is 0 Å². The molecule has 2 aromatic heterocycles. The van der Waals surface area contributed by atoms with Crippen molar-refractivity contribution in [3.8, 4) is 0 Å². The van der Waals surface area contributed by atoms with Crippen molar-refractivity contribution in [1.29, 1.82) is 0 Å². The number of benzene rings is 3. The Morgan fingerprint density at radius 2 is 0.897 bits per heavy atom. The summed E-state index contributed by atoms with van der Waals surface area (Å²) >= 11 is 0. The van der Waals surface area contributed by atoms with Crippen LogP contribution in [0, 0.1) is 35.5 Å². The number of nitrogens with zero attached hydrogens (tertiary/aromatic N) is 2. The number of fused-ring (bicyclic) bond motifs is 2. The van der Waals surface area contributed by atoms with Crippen LogP contribution in [0.25, 0.3) is 21.8 Å². The van der Waals surface area contributed by atoms with Crippen LogP contribution in [0.3, 0.4) is 0 Å². The molecule has 0 aliphatic heterocycles. The van der Waals surface area contributed by atoms with Gasteiger partial charge in [-0.1, -0.05) is 110 Å². The van der Waals surface area contributed by atoms with E-state index in [0.29, 0.717) is 10.3 Å². The summed E-state index contributed by atoms with van der Waals surface area (Å²) in [4.78, 5) is 11.2. The molecule has 0 N–H and O–H groups in total. The highest BCUT2D eigenvalue weighted by molar-refractivity contribution is 7.60. The van der Waals surface area contributed by atoms with Gasteiger partial charge in [0.2, 0.25) is 0 Å². The third-order valence-corrected chi connectivity index (χ3v) is 21.7. The summed E-state index contributed by atoms with van der Waals surface area (Å²) in [6, 6.07) is 32.1. The van der Waals surface area contributed by atoms with Gasteiger partial charge in [-0.05, 0) is 186 Å². The van der Waals surface area contributed by atoms with Crippen LogP contribution in [0.4, 0.5) is 0 Å². The topological polar surface area (TPSA) is 25.8 Å². The molecule has 0 radical (unpaired) electrons. The third kappa shape index (κ3) is 6.21. The van der Waals surface area contributed by atoms with Crippen LogP contribution in [0.5, 0.6) is 0 Å². The number of pyridine rings is 2. The fraction of sp³-hybridized carbons (Fsp3) is 0.556. The highest BCUT2D eigenvalue weighted by atomic mass is 31.1. The fourth-order valence-corrected chi connectivity index (χ4v) is 20.9. The molecule has 1 atom stereocenters. The molecule has 13 rings (SSSR count). The summed E-state index contributed by atoms with van der Waals surface area (Å²) in [5.41, 5.74) is 10.3. The molecule has 8 aliphatic carbocycles. The molecule has 8 aliphatic rings. The number of hydrogen-bond acceptors (Lipinski definition) is 2. The lowest BCUT2D eigenvalue weighted by molar-refractivity contribution is 0.0184. The minimum Gasteiger partial charge on any atom is -0.251 e. The molecule has 8 bridgehead atoms. The van der Waals surface area contributed by atoms with Gasteiger partial charge in [-0.15, -0.1) is 9.24 Å². The molecule has 5 aromatic rings. The van der Waals surface area contributed by atoms with Crippen molar-refractivity contribution < 1.29 is 0 Å². The molecule has 2 heterocycles. The first-order valence-electron chi connectivity index (χ1n) is 23.2. The van der Waals surface area contributed by atoms with E-state index in [1.54, 1.807) is 5.56 Å². The summed E-state index contributed by atoms with van der Waals surface area (Å²) in [6.07, 6.45) is 19.6. The largest absolute Gasteiger partial charge is 0.251 e. The number of hydrogen-bond donors (Lipinski definition) is 0. The van der Waals surface area contributed by atoms with E-state index in [1.807, 2.05) is 0 Å². The molecule has 0 spiro atoms. The highest BCUT2D eigenvalue weighted by Crippen LogP contribution is 2.80. The monoisotopic (exact) mass is 804 g/mol. The quantitative estimate of drug-likeness (QED) is 0.153. The van der Waals surface area contributed by atoms with Gasteiger partial charge in [0, 0.05) is 10.8 Å². The molecule has 8 fully saturated rings. The maximum absolute atomic E-state index is 5.62. The molecule has 4 heteroatoms. The van der Waals surface area contributed by atoms with Crippen molar-refractivity contribution in [2.24, 2.45) is 35.5 Å². The Morgan fingerprint density at radius 1 is 0.517 bits per heavy atom. The van der Waals surface area contributed by atoms with E-state index in [-0.39, 0.29) is 18.8 Å². The van der Waals surface area contributed by atoms with Crippen LogP contribution in [-0.4, -0.2) is 20.3 Å². The van der Waals surface area contributed by atoms with E-state index >= 15 is 0 Å². The van der Waals surface area contributed by atoms with Crippen LogP contribution in [0.2, 0.25) is 0 Å². The second kappa shape index (κ2) is 13.4. The number of aromatic nitrogens is 2. The Labute approximate surface area is 352 Å².